The van der Waals surface area contributed by atoms with Gasteiger partial charge in [0.15, 0.2) is 5.11 Å². The van der Waals surface area contributed by atoms with E-state index in [4.69, 9.17) is 23.4 Å². The lowest BCUT2D eigenvalue weighted by Crippen LogP contribution is -2.19. The van der Waals surface area contributed by atoms with Gasteiger partial charge in [-0.05, 0) is 48.5 Å². The number of anilines is 1. The molecule has 1 aromatic rings. The molecule has 18 heavy (non-hydrogen) atoms. The summed E-state index contributed by atoms with van der Waals surface area (Å²) in [4.78, 5) is 4.14. The summed E-state index contributed by atoms with van der Waals surface area (Å²) in [7, 11) is 0. The molecule has 5 heteroatoms. The van der Waals surface area contributed by atoms with E-state index in [2.05, 4.69) is 10.3 Å². The molecule has 4 nitrogen and oxygen atoms in total. The summed E-state index contributed by atoms with van der Waals surface area (Å²) in [6, 6.07) is 7.63. The minimum absolute atomic E-state index is 0.231. The summed E-state index contributed by atoms with van der Waals surface area (Å²) >= 11 is 5.09. The van der Waals surface area contributed by atoms with Crippen molar-refractivity contribution < 1.29 is 0 Å². The molecule has 0 aliphatic rings. The van der Waals surface area contributed by atoms with E-state index in [1.165, 1.54) is 6.21 Å². The molecule has 0 aromatic heterocycles. The van der Waals surface area contributed by atoms with Crippen LogP contribution < -0.4 is 11.1 Å². The van der Waals surface area contributed by atoms with Gasteiger partial charge in [0, 0.05) is 18.4 Å². The fourth-order valence-electron chi connectivity index (χ4n) is 1.37. The van der Waals surface area contributed by atoms with Crippen molar-refractivity contribution >= 4 is 35.4 Å². The van der Waals surface area contributed by atoms with Gasteiger partial charge in [0.25, 0.3) is 0 Å². The first-order valence-corrected chi connectivity index (χ1v) is 6.18. The van der Waals surface area contributed by atoms with Crippen LogP contribution in [0.4, 0.5) is 5.69 Å². The summed E-state index contributed by atoms with van der Waals surface area (Å²) in [5.41, 5.74) is 7.49. The van der Waals surface area contributed by atoms with Crippen molar-refractivity contribution in [3.8, 4) is 0 Å². The summed E-state index contributed by atoms with van der Waals surface area (Å²) in [5, 5.41) is 10.5. The van der Waals surface area contributed by atoms with Crippen LogP contribution in [0, 0.1) is 11.3 Å². The maximum absolute atomic E-state index is 6.99. The van der Waals surface area contributed by atoms with E-state index in [9.17, 15) is 0 Å². The van der Waals surface area contributed by atoms with Crippen LogP contribution in [0.5, 0.6) is 0 Å². The van der Waals surface area contributed by atoms with Gasteiger partial charge >= 0.3 is 0 Å². The predicted molar refractivity (Wildman–Crippen MR) is 81.3 cm³/mol. The maximum atomic E-state index is 6.99. The normalized spacial score (nSPS) is 12.3. The number of nitrogen functional groups attached to an aromatic ring is 1. The van der Waals surface area contributed by atoms with Crippen LogP contribution in [-0.4, -0.2) is 17.5 Å². The lowest BCUT2D eigenvalue weighted by atomic mass is 10.1. The third-order valence-corrected chi connectivity index (χ3v) is 2.58. The molecule has 0 radical (unpaired) electrons. The fraction of sp³-hybridized carbons (Fsp3) is 0.308. The zero-order valence-corrected chi connectivity index (χ0v) is 11.2. The van der Waals surface area contributed by atoms with Gasteiger partial charge in [-0.25, -0.2) is 4.99 Å². The Morgan fingerprint density at radius 2 is 2.39 bits per heavy atom. The first kappa shape index (κ1) is 14.3. The minimum Gasteiger partial charge on any atom is -0.399 e. The Kier molecular flexibility index (Phi) is 6.00. The number of nitrogens with one attached hydrogen (secondary N) is 2. The Morgan fingerprint density at radius 3 is 3.06 bits per heavy atom. The third-order valence-electron chi connectivity index (χ3n) is 2.33. The van der Waals surface area contributed by atoms with Crippen molar-refractivity contribution in [2.24, 2.45) is 10.9 Å². The molecule has 0 amide bonds. The van der Waals surface area contributed by atoms with Crippen LogP contribution in [0.1, 0.15) is 18.9 Å². The zero-order chi connectivity index (χ0) is 13.4. The highest BCUT2D eigenvalue weighted by Gasteiger charge is 1.97. The van der Waals surface area contributed by atoms with E-state index in [-0.39, 0.29) is 5.92 Å². The highest BCUT2D eigenvalue weighted by molar-refractivity contribution is 7.80. The number of thiocarbonyl (C=S) groups is 1. The molecule has 4 N–H and O–H groups in total. The topological polar surface area (TPSA) is 74.3 Å². The van der Waals surface area contributed by atoms with Gasteiger partial charge in [-0.15, -0.1) is 0 Å². The van der Waals surface area contributed by atoms with Gasteiger partial charge in [0.2, 0.25) is 0 Å². The van der Waals surface area contributed by atoms with Crippen molar-refractivity contribution in [3.05, 3.63) is 29.8 Å². The molecule has 1 aromatic carbocycles. The average molecular weight is 262 g/mol. The Balaban J connectivity index is 2.39. The van der Waals surface area contributed by atoms with Crippen LogP contribution >= 0.6 is 12.2 Å². The van der Waals surface area contributed by atoms with E-state index in [1.807, 2.05) is 31.2 Å². The van der Waals surface area contributed by atoms with E-state index in [1.54, 1.807) is 6.21 Å². The second-order valence-electron chi connectivity index (χ2n) is 4.10. The zero-order valence-electron chi connectivity index (χ0n) is 10.4. The van der Waals surface area contributed by atoms with Crippen LogP contribution in [0.2, 0.25) is 0 Å². The number of hydrogen-bond acceptors (Lipinski definition) is 3. The summed E-state index contributed by atoms with van der Waals surface area (Å²) in [5.74, 6) is 0.231. The predicted octanol–water partition coefficient (Wildman–Crippen LogP) is 2.39. The van der Waals surface area contributed by atoms with E-state index >= 15 is 0 Å². The first-order chi connectivity index (χ1) is 8.61. The van der Waals surface area contributed by atoms with Crippen molar-refractivity contribution in [1.82, 2.24) is 5.32 Å². The molecule has 0 aliphatic heterocycles. The van der Waals surface area contributed by atoms with Crippen LogP contribution in [-0.2, 0) is 6.54 Å². The van der Waals surface area contributed by atoms with Crippen LogP contribution in [0.15, 0.2) is 29.3 Å². The molecule has 0 aliphatic carbocycles. The third kappa shape index (κ3) is 5.54. The molecule has 1 unspecified atom stereocenters. The SMILES string of the molecule is CC(C=NC(=S)NCc1cccc(N)c1)CC=N. The minimum atomic E-state index is 0.231. The Morgan fingerprint density at radius 1 is 1.61 bits per heavy atom. The van der Waals surface area contributed by atoms with Crippen molar-refractivity contribution in [2.75, 3.05) is 5.73 Å². The molecule has 1 rings (SSSR count). The number of nitrogens with zero attached hydrogens (tertiary/aromatic N) is 1. The first-order valence-electron chi connectivity index (χ1n) is 5.77. The lowest BCUT2D eigenvalue weighted by molar-refractivity contribution is 0.841. The fourth-order valence-corrected chi connectivity index (χ4v) is 1.50. The van der Waals surface area contributed by atoms with Gasteiger partial charge < -0.3 is 16.5 Å². The number of nitrogens with two attached hydrogens (primary N) is 1. The van der Waals surface area contributed by atoms with Crippen molar-refractivity contribution in [2.45, 2.75) is 19.9 Å². The summed E-state index contributed by atoms with van der Waals surface area (Å²) in [6.07, 6.45) is 3.82. The quantitative estimate of drug-likeness (QED) is 0.433. The second-order valence-corrected chi connectivity index (χ2v) is 4.49. The van der Waals surface area contributed by atoms with Crippen LogP contribution in [0.25, 0.3) is 0 Å². The average Bonchev–Trinajstić information content (AvgIpc) is 2.34. The Labute approximate surface area is 113 Å². The molecular formula is C13H18N4S. The molecule has 0 heterocycles. The van der Waals surface area contributed by atoms with E-state index < -0.39 is 0 Å². The maximum Gasteiger partial charge on any atom is 0.192 e. The van der Waals surface area contributed by atoms with Gasteiger partial charge in [0.05, 0.1) is 0 Å². The highest BCUT2D eigenvalue weighted by Crippen LogP contribution is 2.05. The van der Waals surface area contributed by atoms with Gasteiger partial charge in [0.1, 0.15) is 0 Å². The highest BCUT2D eigenvalue weighted by atomic mass is 32.1. The molecule has 96 valence electrons. The molecule has 0 spiro atoms. The number of rotatable bonds is 5. The molecular weight excluding hydrogens is 244 g/mol. The number of benzene rings is 1. The standard InChI is InChI=1S/C13H18N4S/c1-10(5-6-14)8-16-13(18)17-9-11-3-2-4-12(15)7-11/h2-4,6-8,10,14H,5,9,15H2,1H3,(H,17,18). The van der Waals surface area contributed by atoms with Gasteiger partial charge in [-0.1, -0.05) is 19.1 Å². The van der Waals surface area contributed by atoms with E-state index in [0.29, 0.717) is 18.1 Å². The summed E-state index contributed by atoms with van der Waals surface area (Å²) in [6.45, 7) is 2.61. The van der Waals surface area contributed by atoms with Crippen molar-refractivity contribution in [3.63, 3.8) is 0 Å². The smallest absolute Gasteiger partial charge is 0.192 e. The Bertz CT molecular complexity index is 442. The van der Waals surface area contributed by atoms with Crippen molar-refractivity contribution in [1.29, 1.82) is 5.41 Å². The molecule has 0 saturated heterocycles. The lowest BCUT2D eigenvalue weighted by Gasteiger charge is -2.05. The summed E-state index contributed by atoms with van der Waals surface area (Å²) < 4.78 is 0. The molecule has 0 saturated carbocycles. The number of hydrogen-bond donors (Lipinski definition) is 3. The largest absolute Gasteiger partial charge is 0.399 e. The Hall–Kier alpha value is -1.75. The van der Waals surface area contributed by atoms with Crippen LogP contribution in [0.3, 0.4) is 0 Å². The second kappa shape index (κ2) is 7.55. The monoisotopic (exact) mass is 262 g/mol. The van der Waals surface area contributed by atoms with E-state index in [0.717, 1.165) is 11.3 Å². The van der Waals surface area contributed by atoms with Gasteiger partial charge in [-0.2, -0.15) is 0 Å². The van der Waals surface area contributed by atoms with Gasteiger partial charge in [-0.3, -0.25) is 0 Å². The molecule has 0 fully saturated rings. The number of aliphatic imine (C=N–C) groups is 1. The molecule has 0 bridgehead atoms. The molecule has 1 atom stereocenters.